The van der Waals surface area contributed by atoms with Crippen LogP contribution in [0.1, 0.15) is 28.5 Å². The number of fused-ring (bicyclic) bond motifs is 2. The number of hydrogen-bond acceptors (Lipinski definition) is 6. The summed E-state index contributed by atoms with van der Waals surface area (Å²) in [5.74, 6) is -1.84. The molecule has 0 radical (unpaired) electrons. The Hall–Kier alpha value is -4.39. The van der Waals surface area contributed by atoms with Crippen LogP contribution < -0.4 is 15.4 Å². The minimum atomic E-state index is -2.70. The van der Waals surface area contributed by atoms with Crippen molar-refractivity contribution in [3.05, 3.63) is 64.7 Å². The van der Waals surface area contributed by atoms with E-state index in [2.05, 4.69) is 20.5 Å². The summed E-state index contributed by atoms with van der Waals surface area (Å²) in [6.45, 7) is 6.83. The maximum absolute atomic E-state index is 13.2. The number of pyridine rings is 1. The van der Waals surface area contributed by atoms with E-state index in [4.69, 9.17) is 22.6 Å². The molecule has 1 saturated heterocycles. The van der Waals surface area contributed by atoms with E-state index in [0.29, 0.717) is 5.56 Å². The molecular formula is C21H15N5O5. The third kappa shape index (κ3) is 2.78. The van der Waals surface area contributed by atoms with Crippen molar-refractivity contribution < 1.29 is 30.4 Å². The SMILES string of the molecule is [2H]c1c([N+]#[C-])nc2cc([C@]3(CN4Cc5ccc(OC([2H])([2H])[2H])cc5C4=O)NC(=O)NC3=O)oc2c1[2H]. The van der Waals surface area contributed by atoms with Crippen LogP contribution in [0, 0.1) is 6.57 Å². The van der Waals surface area contributed by atoms with Gasteiger partial charge >= 0.3 is 6.03 Å². The summed E-state index contributed by atoms with van der Waals surface area (Å²) < 4.78 is 48.3. The zero-order valence-electron chi connectivity index (χ0n) is 20.6. The van der Waals surface area contributed by atoms with Gasteiger partial charge in [-0.15, -0.1) is 4.98 Å². The zero-order chi connectivity index (χ0) is 26.0. The van der Waals surface area contributed by atoms with E-state index in [0.717, 1.165) is 0 Å². The Kier molecular flexibility index (Phi) is 2.91. The van der Waals surface area contributed by atoms with Crippen LogP contribution in [0.4, 0.5) is 10.6 Å². The molecule has 3 aromatic rings. The maximum Gasteiger partial charge on any atom is 0.322 e. The van der Waals surface area contributed by atoms with Gasteiger partial charge in [-0.2, -0.15) is 0 Å². The van der Waals surface area contributed by atoms with Crippen molar-refractivity contribution >= 4 is 34.8 Å². The van der Waals surface area contributed by atoms with Crippen molar-refractivity contribution in [1.82, 2.24) is 20.5 Å². The Morgan fingerprint density at radius 1 is 1.39 bits per heavy atom. The summed E-state index contributed by atoms with van der Waals surface area (Å²) >= 11 is 0. The van der Waals surface area contributed by atoms with Gasteiger partial charge in [0, 0.05) is 18.2 Å². The summed E-state index contributed by atoms with van der Waals surface area (Å²) in [6, 6.07) is 3.82. The molecule has 0 unspecified atom stereocenters. The number of nitrogens with zero attached hydrogens (tertiary/aromatic N) is 3. The highest BCUT2D eigenvalue weighted by Gasteiger charge is 2.53. The number of urea groups is 1. The number of carbonyl (C=O) groups is 3. The molecule has 2 aliphatic rings. The zero-order valence-corrected chi connectivity index (χ0v) is 15.6. The highest BCUT2D eigenvalue weighted by Crippen LogP contribution is 2.35. The highest BCUT2D eigenvalue weighted by molar-refractivity contribution is 6.08. The number of furan rings is 1. The van der Waals surface area contributed by atoms with Crippen LogP contribution in [0.2, 0.25) is 0 Å². The first kappa shape index (κ1) is 13.8. The molecule has 1 fully saturated rings. The standard InChI is InChI=1S/C21H15N5O5/c1-22-17-6-5-15-14(23-17)8-16(31-15)21(19(28)24-20(29)25-21)10-26-9-11-3-4-12(30-2)7-13(11)18(26)27/h3-8H,9-10H2,2H3,(H2,24,25,28,29)/t21-/m0/s1/i2D3,5D,6D. The molecule has 10 heteroatoms. The Morgan fingerprint density at radius 2 is 2.26 bits per heavy atom. The molecule has 5 rings (SSSR count). The Bertz CT molecular complexity index is 1530. The predicted molar refractivity (Wildman–Crippen MR) is 106 cm³/mol. The van der Waals surface area contributed by atoms with Gasteiger partial charge in [-0.05, 0) is 29.8 Å². The van der Waals surface area contributed by atoms with E-state index in [1.54, 1.807) is 0 Å². The number of benzene rings is 1. The number of aromatic nitrogens is 1. The Morgan fingerprint density at radius 3 is 3.00 bits per heavy atom. The van der Waals surface area contributed by atoms with Crippen molar-refractivity contribution in [3.8, 4) is 5.75 Å². The molecule has 1 aromatic carbocycles. The number of methoxy groups -OCH3 is 1. The molecule has 0 bridgehead atoms. The molecule has 2 aliphatic heterocycles. The summed E-state index contributed by atoms with van der Waals surface area (Å²) in [5, 5.41) is 4.61. The summed E-state index contributed by atoms with van der Waals surface area (Å²) in [7, 11) is -2.70. The average Bonchev–Trinajstić information content (AvgIpc) is 3.45. The van der Waals surface area contributed by atoms with Crippen molar-refractivity contribution in [2.45, 2.75) is 12.1 Å². The van der Waals surface area contributed by atoms with Crippen LogP contribution in [0.25, 0.3) is 15.9 Å². The third-order valence-electron chi connectivity index (χ3n) is 5.20. The largest absolute Gasteiger partial charge is 0.497 e. The van der Waals surface area contributed by atoms with Gasteiger partial charge in [0.05, 0.1) is 20.4 Å². The number of hydrogen-bond donors (Lipinski definition) is 2. The summed E-state index contributed by atoms with van der Waals surface area (Å²) in [6.07, 6.45) is 0. The number of rotatable bonds is 4. The van der Waals surface area contributed by atoms with Crippen molar-refractivity contribution in [1.29, 1.82) is 0 Å². The monoisotopic (exact) mass is 422 g/mol. The highest BCUT2D eigenvalue weighted by atomic mass is 16.5. The minimum absolute atomic E-state index is 0.0290. The molecule has 4 amide bonds. The lowest BCUT2D eigenvalue weighted by molar-refractivity contribution is -0.125. The molecule has 1 atom stereocenters. The maximum atomic E-state index is 13.2. The number of imide groups is 1. The van der Waals surface area contributed by atoms with Gasteiger partial charge in [0.25, 0.3) is 17.6 Å². The molecule has 4 heterocycles. The first-order chi connectivity index (χ1) is 16.9. The third-order valence-corrected chi connectivity index (χ3v) is 5.20. The summed E-state index contributed by atoms with van der Waals surface area (Å²) in [4.78, 5) is 46.7. The molecule has 2 N–H and O–H groups in total. The van der Waals surface area contributed by atoms with Crippen LogP contribution in [0.5, 0.6) is 5.75 Å². The number of nitrogens with one attached hydrogen (secondary N) is 2. The van der Waals surface area contributed by atoms with E-state index in [-0.39, 0.29) is 47.1 Å². The molecule has 0 saturated carbocycles. The minimum Gasteiger partial charge on any atom is -0.497 e. The molecule has 154 valence electrons. The molecule has 31 heavy (non-hydrogen) atoms. The molecule has 10 nitrogen and oxygen atoms in total. The van der Waals surface area contributed by atoms with E-state index in [1.807, 2.05) is 0 Å². The molecular weight excluding hydrogens is 402 g/mol. The predicted octanol–water partition coefficient (Wildman–Crippen LogP) is 2.08. The van der Waals surface area contributed by atoms with E-state index < -0.39 is 42.5 Å². The van der Waals surface area contributed by atoms with E-state index >= 15 is 0 Å². The molecule has 2 aromatic heterocycles. The average molecular weight is 422 g/mol. The first-order valence-electron chi connectivity index (χ1n) is 11.5. The second-order valence-corrected chi connectivity index (χ2v) is 7.02. The fourth-order valence-corrected chi connectivity index (χ4v) is 3.74. The number of carbonyl (C=O) groups excluding carboxylic acids is 3. The van der Waals surface area contributed by atoms with Gasteiger partial charge in [0.15, 0.2) is 16.6 Å². The van der Waals surface area contributed by atoms with Crippen LogP contribution in [0.3, 0.4) is 0 Å². The van der Waals surface area contributed by atoms with Crippen LogP contribution in [0.15, 0.2) is 40.8 Å². The first-order valence-corrected chi connectivity index (χ1v) is 8.95. The van der Waals surface area contributed by atoms with Gasteiger partial charge in [-0.3, -0.25) is 14.9 Å². The van der Waals surface area contributed by atoms with Gasteiger partial charge in [-0.25, -0.2) is 4.79 Å². The second kappa shape index (κ2) is 6.56. The van der Waals surface area contributed by atoms with Crippen LogP contribution >= 0.6 is 0 Å². The normalized spacial score (nSPS) is 22.6. The topological polar surface area (TPSA) is 118 Å². The number of amides is 4. The molecule has 0 aliphatic carbocycles. The van der Waals surface area contributed by atoms with Crippen molar-refractivity contribution in [2.24, 2.45) is 0 Å². The van der Waals surface area contributed by atoms with Gasteiger partial charge in [0.1, 0.15) is 11.5 Å². The van der Waals surface area contributed by atoms with Gasteiger partial charge < -0.3 is 24.2 Å². The van der Waals surface area contributed by atoms with Crippen LogP contribution in [-0.2, 0) is 16.9 Å². The fraction of sp³-hybridized carbons (Fsp3) is 0.190. The van der Waals surface area contributed by atoms with Crippen LogP contribution in [-0.4, -0.2) is 41.3 Å². The smallest absolute Gasteiger partial charge is 0.322 e. The van der Waals surface area contributed by atoms with E-state index in [1.165, 1.54) is 29.2 Å². The van der Waals surface area contributed by atoms with Gasteiger partial charge in [-0.1, -0.05) is 12.6 Å². The quantitative estimate of drug-likeness (QED) is 0.491. The Balaban J connectivity index is 1.54. The summed E-state index contributed by atoms with van der Waals surface area (Å²) in [5.41, 5.74) is -1.28. The lowest BCUT2D eigenvalue weighted by atomic mass is 9.95. The van der Waals surface area contributed by atoms with Crippen molar-refractivity contribution in [3.63, 3.8) is 0 Å². The lowest BCUT2D eigenvalue weighted by Crippen LogP contribution is -2.52. The lowest BCUT2D eigenvalue weighted by Gasteiger charge is -2.28. The van der Waals surface area contributed by atoms with Crippen molar-refractivity contribution in [2.75, 3.05) is 13.6 Å². The second-order valence-electron chi connectivity index (χ2n) is 7.02. The van der Waals surface area contributed by atoms with E-state index in [9.17, 15) is 14.4 Å². The molecule has 0 spiro atoms. The number of ether oxygens (including phenoxy) is 1. The fourth-order valence-electron chi connectivity index (χ4n) is 3.74. The Labute approximate surface area is 182 Å². The van der Waals surface area contributed by atoms with Gasteiger partial charge in [0.2, 0.25) is 0 Å².